The molecule has 0 bridgehead atoms. The Bertz CT molecular complexity index is 215. The van der Waals surface area contributed by atoms with Gasteiger partial charge in [-0.1, -0.05) is 38.5 Å². The quantitative estimate of drug-likeness (QED) is 0.711. The van der Waals surface area contributed by atoms with Crippen molar-refractivity contribution in [3.8, 4) is 0 Å². The summed E-state index contributed by atoms with van der Waals surface area (Å²) in [6.45, 7) is 4.49. The van der Waals surface area contributed by atoms with Crippen molar-refractivity contribution in [3.05, 3.63) is 23.8 Å². The maximum Gasteiger partial charge on any atom is 0.00444 e. The molecule has 0 amide bonds. The normalized spacial score (nSPS) is 20.4. The Balaban J connectivity index is 2.37. The molecule has 1 rings (SSSR count). The van der Waals surface area contributed by atoms with E-state index in [2.05, 4.69) is 32.1 Å². The smallest absolute Gasteiger partial charge is 0.00444 e. The average molecular weight is 193 g/mol. The molecular formula is C13H23N. The second-order valence-corrected chi connectivity index (χ2v) is 4.37. The van der Waals surface area contributed by atoms with Crippen LogP contribution in [0.5, 0.6) is 0 Å². The molecule has 14 heavy (non-hydrogen) atoms. The molecule has 0 saturated heterocycles. The lowest BCUT2D eigenvalue weighted by Crippen LogP contribution is -2.23. The van der Waals surface area contributed by atoms with Crippen molar-refractivity contribution in [3.63, 3.8) is 0 Å². The van der Waals surface area contributed by atoms with Crippen LogP contribution >= 0.6 is 0 Å². The van der Waals surface area contributed by atoms with Crippen LogP contribution in [0.15, 0.2) is 23.8 Å². The Morgan fingerprint density at radius 2 is 2.21 bits per heavy atom. The van der Waals surface area contributed by atoms with Gasteiger partial charge in [0.25, 0.3) is 0 Å². The Hall–Kier alpha value is -0.560. The van der Waals surface area contributed by atoms with Crippen LogP contribution < -0.4 is 5.73 Å². The molecule has 1 aliphatic carbocycles. The number of hydrogen-bond acceptors (Lipinski definition) is 1. The van der Waals surface area contributed by atoms with Gasteiger partial charge in [0.1, 0.15) is 0 Å². The molecule has 1 nitrogen and oxygen atoms in total. The number of hydrogen-bond donors (Lipinski definition) is 1. The lowest BCUT2D eigenvalue weighted by atomic mass is 9.89. The zero-order chi connectivity index (χ0) is 10.4. The summed E-state index contributed by atoms with van der Waals surface area (Å²) in [6.07, 6.45) is 12.8. The van der Waals surface area contributed by atoms with Crippen molar-refractivity contribution in [1.29, 1.82) is 0 Å². The summed E-state index contributed by atoms with van der Waals surface area (Å²) in [5, 5.41) is 0. The molecule has 2 unspecified atom stereocenters. The predicted octanol–water partition coefficient (Wildman–Crippen LogP) is 3.42. The van der Waals surface area contributed by atoms with Gasteiger partial charge in [0.05, 0.1) is 0 Å². The van der Waals surface area contributed by atoms with Gasteiger partial charge in [-0.3, -0.25) is 0 Å². The molecule has 0 saturated carbocycles. The Morgan fingerprint density at radius 3 is 2.79 bits per heavy atom. The highest BCUT2D eigenvalue weighted by Crippen LogP contribution is 2.22. The second kappa shape index (κ2) is 6.02. The first kappa shape index (κ1) is 11.5. The third-order valence-electron chi connectivity index (χ3n) is 2.91. The van der Waals surface area contributed by atoms with E-state index in [0.29, 0.717) is 12.0 Å². The number of rotatable bonds is 5. The first-order chi connectivity index (χ1) is 6.74. The molecule has 1 aliphatic rings. The van der Waals surface area contributed by atoms with E-state index < -0.39 is 0 Å². The zero-order valence-corrected chi connectivity index (χ0v) is 9.50. The highest BCUT2D eigenvalue weighted by atomic mass is 14.6. The highest BCUT2D eigenvalue weighted by molar-refractivity contribution is 5.24. The Labute approximate surface area is 88.1 Å². The van der Waals surface area contributed by atoms with Crippen molar-refractivity contribution in [2.75, 3.05) is 0 Å². The van der Waals surface area contributed by atoms with Crippen molar-refractivity contribution >= 4 is 0 Å². The Kier molecular flexibility index (Phi) is 4.95. The summed E-state index contributed by atoms with van der Waals surface area (Å²) in [7, 11) is 0. The van der Waals surface area contributed by atoms with Crippen molar-refractivity contribution in [2.45, 2.75) is 52.0 Å². The van der Waals surface area contributed by atoms with Crippen LogP contribution in [-0.2, 0) is 0 Å². The minimum absolute atomic E-state index is 0.381. The van der Waals surface area contributed by atoms with E-state index in [0.717, 1.165) is 12.8 Å². The van der Waals surface area contributed by atoms with Gasteiger partial charge < -0.3 is 5.73 Å². The predicted molar refractivity (Wildman–Crippen MR) is 63.1 cm³/mol. The molecule has 1 heteroatoms. The Morgan fingerprint density at radius 1 is 1.43 bits per heavy atom. The van der Waals surface area contributed by atoms with Crippen LogP contribution in [0, 0.1) is 5.92 Å². The summed E-state index contributed by atoms with van der Waals surface area (Å²) in [5.74, 6) is 0.632. The van der Waals surface area contributed by atoms with E-state index in [1.54, 1.807) is 0 Å². The summed E-state index contributed by atoms with van der Waals surface area (Å²) >= 11 is 0. The SMILES string of the molecule is CCCC(N)CC(C)C1=CCCC=C1. The molecule has 0 aliphatic heterocycles. The van der Waals surface area contributed by atoms with E-state index in [9.17, 15) is 0 Å². The minimum Gasteiger partial charge on any atom is -0.328 e. The van der Waals surface area contributed by atoms with Crippen molar-refractivity contribution in [1.82, 2.24) is 0 Å². The van der Waals surface area contributed by atoms with E-state index >= 15 is 0 Å². The van der Waals surface area contributed by atoms with Crippen LogP contribution in [0.4, 0.5) is 0 Å². The maximum absolute atomic E-state index is 6.04. The van der Waals surface area contributed by atoms with Crippen LogP contribution in [0.3, 0.4) is 0 Å². The van der Waals surface area contributed by atoms with Crippen LogP contribution in [-0.4, -0.2) is 6.04 Å². The summed E-state index contributed by atoms with van der Waals surface area (Å²) in [6, 6.07) is 0.381. The summed E-state index contributed by atoms with van der Waals surface area (Å²) in [5.41, 5.74) is 7.53. The molecule has 80 valence electrons. The van der Waals surface area contributed by atoms with E-state index in [4.69, 9.17) is 5.73 Å². The highest BCUT2D eigenvalue weighted by Gasteiger charge is 2.11. The number of allylic oxidation sites excluding steroid dienone is 4. The topological polar surface area (TPSA) is 26.0 Å². The first-order valence-corrected chi connectivity index (χ1v) is 5.86. The maximum atomic E-state index is 6.04. The fourth-order valence-electron chi connectivity index (χ4n) is 2.08. The van der Waals surface area contributed by atoms with Gasteiger partial charge >= 0.3 is 0 Å². The summed E-state index contributed by atoms with van der Waals surface area (Å²) < 4.78 is 0. The second-order valence-electron chi connectivity index (χ2n) is 4.37. The van der Waals surface area contributed by atoms with Gasteiger partial charge in [0.15, 0.2) is 0 Å². The first-order valence-electron chi connectivity index (χ1n) is 5.86. The average Bonchev–Trinajstić information content (AvgIpc) is 2.19. The van der Waals surface area contributed by atoms with E-state index in [1.165, 1.54) is 24.8 Å². The van der Waals surface area contributed by atoms with Crippen LogP contribution in [0.1, 0.15) is 46.0 Å². The largest absolute Gasteiger partial charge is 0.328 e. The monoisotopic (exact) mass is 193 g/mol. The molecule has 0 aromatic heterocycles. The van der Waals surface area contributed by atoms with Crippen molar-refractivity contribution < 1.29 is 0 Å². The lowest BCUT2D eigenvalue weighted by molar-refractivity contribution is 0.487. The molecule has 0 spiro atoms. The van der Waals surface area contributed by atoms with Gasteiger partial charge in [-0.15, -0.1) is 0 Å². The molecular weight excluding hydrogens is 170 g/mol. The molecule has 2 atom stereocenters. The zero-order valence-electron chi connectivity index (χ0n) is 9.50. The molecule has 0 radical (unpaired) electrons. The standard InChI is InChI=1S/C13H23N/c1-3-7-13(14)10-11(2)12-8-5-4-6-9-12/h5,8-9,11,13H,3-4,6-7,10,14H2,1-2H3. The fraction of sp³-hybridized carbons (Fsp3) is 0.692. The lowest BCUT2D eigenvalue weighted by Gasteiger charge is -2.19. The van der Waals surface area contributed by atoms with Gasteiger partial charge in [-0.25, -0.2) is 0 Å². The minimum atomic E-state index is 0.381. The van der Waals surface area contributed by atoms with Gasteiger partial charge in [-0.2, -0.15) is 0 Å². The van der Waals surface area contributed by atoms with E-state index in [1.807, 2.05) is 0 Å². The molecule has 0 heterocycles. The van der Waals surface area contributed by atoms with Crippen molar-refractivity contribution in [2.24, 2.45) is 11.7 Å². The number of nitrogens with two attached hydrogens (primary N) is 1. The van der Waals surface area contributed by atoms with Gasteiger partial charge in [0, 0.05) is 6.04 Å². The summed E-state index contributed by atoms with van der Waals surface area (Å²) in [4.78, 5) is 0. The van der Waals surface area contributed by atoms with Gasteiger partial charge in [-0.05, 0) is 37.2 Å². The van der Waals surface area contributed by atoms with Crippen LogP contribution in [0.2, 0.25) is 0 Å². The van der Waals surface area contributed by atoms with Gasteiger partial charge in [0.2, 0.25) is 0 Å². The fourth-order valence-corrected chi connectivity index (χ4v) is 2.08. The molecule has 0 fully saturated rings. The molecule has 2 N–H and O–H groups in total. The van der Waals surface area contributed by atoms with E-state index in [-0.39, 0.29) is 0 Å². The molecule has 0 aromatic rings. The van der Waals surface area contributed by atoms with Crippen LogP contribution in [0.25, 0.3) is 0 Å². The third kappa shape index (κ3) is 3.67. The molecule has 0 aromatic carbocycles. The third-order valence-corrected chi connectivity index (χ3v) is 2.91.